The Balaban J connectivity index is 1.80. The normalized spacial score (nSPS) is 15.7. The van der Waals surface area contributed by atoms with Gasteiger partial charge in [0.25, 0.3) is 0 Å². The Morgan fingerprint density at radius 2 is 2.14 bits per heavy atom. The number of pyridine rings is 1. The maximum absolute atomic E-state index is 12.6. The molecular weight excluding hydrogens is 368 g/mol. The van der Waals surface area contributed by atoms with E-state index in [0.717, 1.165) is 16.9 Å². The molecule has 0 saturated heterocycles. The van der Waals surface area contributed by atoms with Gasteiger partial charge in [-0.05, 0) is 24.1 Å². The summed E-state index contributed by atoms with van der Waals surface area (Å²) in [6.45, 7) is 4.75. The van der Waals surface area contributed by atoms with Crippen LogP contribution in [-0.2, 0) is 4.79 Å². The van der Waals surface area contributed by atoms with E-state index < -0.39 is 0 Å². The monoisotopic (exact) mass is 392 g/mol. The predicted octanol–water partition coefficient (Wildman–Crippen LogP) is 3.78. The molecule has 3 aromatic rings. The molecule has 0 aliphatic carbocycles. The largest absolute Gasteiger partial charge is 0.493 e. The molecular formula is C22H24N4O3. The molecule has 7 heteroatoms. The number of fused-ring (bicyclic) bond motifs is 1. The Bertz CT molecular complexity index is 1010. The molecule has 1 aliphatic rings. The van der Waals surface area contributed by atoms with Crippen LogP contribution in [0.3, 0.4) is 0 Å². The molecule has 0 radical (unpaired) electrons. The Morgan fingerprint density at radius 3 is 2.86 bits per heavy atom. The maximum atomic E-state index is 12.6. The summed E-state index contributed by atoms with van der Waals surface area (Å²) in [5.74, 6) is 2.06. The molecule has 150 valence electrons. The summed E-state index contributed by atoms with van der Waals surface area (Å²) in [5.41, 5.74) is 2.54. The Labute approximate surface area is 169 Å². The van der Waals surface area contributed by atoms with Crippen molar-refractivity contribution in [2.45, 2.75) is 26.2 Å². The van der Waals surface area contributed by atoms with E-state index in [-0.39, 0.29) is 11.8 Å². The number of nitrogens with one attached hydrogen (secondary N) is 1. The number of nitrogens with zero attached hydrogens (tertiary/aromatic N) is 3. The van der Waals surface area contributed by atoms with E-state index in [2.05, 4.69) is 29.1 Å². The first-order valence-corrected chi connectivity index (χ1v) is 9.65. The van der Waals surface area contributed by atoms with Gasteiger partial charge in [-0.1, -0.05) is 26.0 Å². The van der Waals surface area contributed by atoms with Crippen molar-refractivity contribution in [3.8, 4) is 17.2 Å². The molecule has 1 aliphatic heterocycles. The summed E-state index contributed by atoms with van der Waals surface area (Å²) >= 11 is 0. The van der Waals surface area contributed by atoms with Crippen molar-refractivity contribution in [2.24, 2.45) is 5.92 Å². The number of hydrogen-bond donors (Lipinski definition) is 1. The Kier molecular flexibility index (Phi) is 5.20. The highest BCUT2D eigenvalue weighted by Gasteiger charge is 2.33. The Morgan fingerprint density at radius 1 is 1.28 bits per heavy atom. The van der Waals surface area contributed by atoms with Crippen LogP contribution in [0.2, 0.25) is 0 Å². The fourth-order valence-electron chi connectivity index (χ4n) is 3.53. The third-order valence-electron chi connectivity index (χ3n) is 4.86. The summed E-state index contributed by atoms with van der Waals surface area (Å²) < 4.78 is 13.5. The number of hydrogen-bond acceptors (Lipinski definition) is 5. The number of methoxy groups -OCH3 is 1. The SMILES string of the molecule is COc1cccc([C@H]2CC(=O)Nc3c2ncn3-c2cccnc2)c1OCC(C)C. The summed E-state index contributed by atoms with van der Waals surface area (Å²) in [7, 11) is 1.62. The highest BCUT2D eigenvalue weighted by Crippen LogP contribution is 2.44. The second-order valence-corrected chi connectivity index (χ2v) is 7.45. The van der Waals surface area contributed by atoms with Gasteiger partial charge in [0.05, 0.1) is 31.3 Å². The van der Waals surface area contributed by atoms with E-state index in [9.17, 15) is 4.79 Å². The third kappa shape index (κ3) is 3.68. The molecule has 0 fully saturated rings. The number of aromatic nitrogens is 3. The predicted molar refractivity (Wildman–Crippen MR) is 110 cm³/mol. The van der Waals surface area contributed by atoms with Gasteiger partial charge in [-0.2, -0.15) is 0 Å². The van der Waals surface area contributed by atoms with Crippen LogP contribution >= 0.6 is 0 Å². The molecule has 0 spiro atoms. The Hall–Kier alpha value is -3.35. The van der Waals surface area contributed by atoms with Gasteiger partial charge in [-0.25, -0.2) is 4.98 Å². The van der Waals surface area contributed by atoms with Crippen molar-refractivity contribution in [2.75, 3.05) is 19.0 Å². The van der Waals surface area contributed by atoms with Crippen LogP contribution in [0.5, 0.6) is 11.5 Å². The molecule has 1 atom stereocenters. The van der Waals surface area contributed by atoms with Gasteiger partial charge in [0.15, 0.2) is 11.5 Å². The number of carbonyl (C=O) groups is 1. The van der Waals surface area contributed by atoms with Crippen molar-refractivity contribution < 1.29 is 14.3 Å². The molecule has 3 heterocycles. The van der Waals surface area contributed by atoms with E-state index in [1.165, 1.54) is 0 Å². The first-order valence-electron chi connectivity index (χ1n) is 9.65. The van der Waals surface area contributed by atoms with E-state index in [0.29, 0.717) is 36.3 Å². The number of carbonyl (C=O) groups excluding carboxylic acids is 1. The second-order valence-electron chi connectivity index (χ2n) is 7.45. The van der Waals surface area contributed by atoms with Gasteiger partial charge < -0.3 is 14.8 Å². The van der Waals surface area contributed by atoms with Crippen LogP contribution in [0.4, 0.5) is 5.82 Å². The molecule has 2 aromatic heterocycles. The van der Waals surface area contributed by atoms with Crippen molar-refractivity contribution in [3.05, 3.63) is 60.3 Å². The lowest BCUT2D eigenvalue weighted by Gasteiger charge is -2.26. The van der Waals surface area contributed by atoms with Gasteiger partial charge in [0.1, 0.15) is 12.1 Å². The lowest BCUT2D eigenvalue weighted by Crippen LogP contribution is -2.25. The zero-order valence-corrected chi connectivity index (χ0v) is 16.8. The fourth-order valence-corrected chi connectivity index (χ4v) is 3.53. The average molecular weight is 392 g/mol. The van der Waals surface area contributed by atoms with E-state index in [1.807, 2.05) is 34.9 Å². The molecule has 1 amide bonds. The molecule has 1 N–H and O–H groups in total. The zero-order chi connectivity index (χ0) is 20.4. The van der Waals surface area contributed by atoms with Crippen LogP contribution in [0, 0.1) is 5.92 Å². The highest BCUT2D eigenvalue weighted by atomic mass is 16.5. The van der Waals surface area contributed by atoms with Crippen molar-refractivity contribution in [3.63, 3.8) is 0 Å². The van der Waals surface area contributed by atoms with Gasteiger partial charge in [-0.15, -0.1) is 0 Å². The van der Waals surface area contributed by atoms with Gasteiger partial charge in [0, 0.05) is 24.1 Å². The summed E-state index contributed by atoms with van der Waals surface area (Å²) in [6.07, 6.45) is 5.46. The highest BCUT2D eigenvalue weighted by molar-refractivity contribution is 5.94. The van der Waals surface area contributed by atoms with Crippen molar-refractivity contribution in [1.82, 2.24) is 14.5 Å². The number of amides is 1. The first-order chi connectivity index (χ1) is 14.1. The maximum Gasteiger partial charge on any atom is 0.226 e. The number of imidazole rings is 1. The fraction of sp³-hybridized carbons (Fsp3) is 0.318. The summed E-state index contributed by atoms with van der Waals surface area (Å²) in [4.78, 5) is 21.4. The minimum absolute atomic E-state index is 0.0641. The zero-order valence-electron chi connectivity index (χ0n) is 16.8. The van der Waals surface area contributed by atoms with Gasteiger partial charge in [-0.3, -0.25) is 14.3 Å². The topological polar surface area (TPSA) is 78.3 Å². The average Bonchev–Trinajstić information content (AvgIpc) is 3.15. The van der Waals surface area contributed by atoms with Gasteiger partial charge >= 0.3 is 0 Å². The van der Waals surface area contributed by atoms with Crippen LogP contribution in [0.1, 0.15) is 37.4 Å². The number of benzene rings is 1. The second kappa shape index (κ2) is 7.95. The molecule has 29 heavy (non-hydrogen) atoms. The molecule has 7 nitrogen and oxygen atoms in total. The van der Waals surface area contributed by atoms with Gasteiger partial charge in [0.2, 0.25) is 5.91 Å². The number of anilines is 1. The van der Waals surface area contributed by atoms with Crippen molar-refractivity contribution in [1.29, 1.82) is 0 Å². The van der Waals surface area contributed by atoms with Crippen LogP contribution in [0.25, 0.3) is 5.69 Å². The standard InChI is InChI=1S/C22H24N4O3/c1-14(2)12-29-21-16(7-4-8-18(21)28-3)17-10-19(27)25-22-20(17)24-13-26(22)15-6-5-9-23-11-15/h4-9,11,13-14,17H,10,12H2,1-3H3,(H,25,27)/t17-/m1/s1. The van der Waals surface area contributed by atoms with Crippen LogP contribution in [0.15, 0.2) is 49.1 Å². The van der Waals surface area contributed by atoms with E-state index >= 15 is 0 Å². The molecule has 0 unspecified atom stereocenters. The van der Waals surface area contributed by atoms with E-state index in [1.54, 1.807) is 25.8 Å². The van der Waals surface area contributed by atoms with E-state index in [4.69, 9.17) is 9.47 Å². The number of rotatable bonds is 6. The van der Waals surface area contributed by atoms with Crippen LogP contribution < -0.4 is 14.8 Å². The smallest absolute Gasteiger partial charge is 0.226 e. The summed E-state index contributed by atoms with van der Waals surface area (Å²) in [6, 6.07) is 9.55. The molecule has 0 saturated carbocycles. The molecule has 0 bridgehead atoms. The first kappa shape index (κ1) is 19.0. The minimum atomic E-state index is -0.228. The third-order valence-corrected chi connectivity index (χ3v) is 4.86. The summed E-state index contributed by atoms with van der Waals surface area (Å²) in [5, 5.41) is 2.97. The van der Waals surface area contributed by atoms with Crippen molar-refractivity contribution >= 4 is 11.7 Å². The molecule has 4 rings (SSSR count). The minimum Gasteiger partial charge on any atom is -0.493 e. The lowest BCUT2D eigenvalue weighted by molar-refractivity contribution is -0.116. The number of ether oxygens (including phenoxy) is 2. The quantitative estimate of drug-likeness (QED) is 0.691. The number of para-hydroxylation sites is 1. The molecule has 1 aromatic carbocycles. The lowest BCUT2D eigenvalue weighted by atomic mass is 9.89. The van der Waals surface area contributed by atoms with Crippen LogP contribution in [-0.4, -0.2) is 34.2 Å².